The lowest BCUT2D eigenvalue weighted by Crippen LogP contribution is -2.46. The molecular formula is C12H20N2O3. The summed E-state index contributed by atoms with van der Waals surface area (Å²) in [6.07, 6.45) is 3.68. The van der Waals surface area contributed by atoms with Gasteiger partial charge in [-0.05, 0) is 25.7 Å². The highest BCUT2D eigenvalue weighted by Crippen LogP contribution is 2.21. The third kappa shape index (κ3) is 2.70. The van der Waals surface area contributed by atoms with Gasteiger partial charge in [0.2, 0.25) is 5.91 Å². The van der Waals surface area contributed by atoms with Crippen LogP contribution < -0.4 is 0 Å². The molecule has 5 nitrogen and oxygen atoms in total. The van der Waals surface area contributed by atoms with Crippen LogP contribution in [-0.4, -0.2) is 55.1 Å². The lowest BCUT2D eigenvalue weighted by atomic mass is 9.97. The molecule has 17 heavy (non-hydrogen) atoms. The van der Waals surface area contributed by atoms with E-state index < -0.39 is 0 Å². The lowest BCUT2D eigenvalue weighted by molar-refractivity contribution is -0.135. The maximum absolute atomic E-state index is 12.2. The van der Waals surface area contributed by atoms with Gasteiger partial charge in [0.1, 0.15) is 0 Å². The third-order valence-electron chi connectivity index (χ3n) is 3.62. The molecule has 0 bridgehead atoms. The summed E-state index contributed by atoms with van der Waals surface area (Å²) >= 11 is 0. The fraction of sp³-hybridized carbons (Fsp3) is 0.833. The molecule has 96 valence electrons. The predicted octanol–water partition coefficient (Wildman–Crippen LogP) is 1.09. The van der Waals surface area contributed by atoms with E-state index in [1.165, 1.54) is 7.11 Å². The fourth-order valence-corrected chi connectivity index (χ4v) is 2.67. The number of carbonyl (C=O) groups excluding carboxylic acids is 2. The van der Waals surface area contributed by atoms with E-state index in [4.69, 9.17) is 4.74 Å². The van der Waals surface area contributed by atoms with Crippen LogP contribution in [0.4, 0.5) is 4.79 Å². The molecule has 2 aliphatic rings. The number of carbonyl (C=O) groups is 2. The van der Waals surface area contributed by atoms with E-state index in [2.05, 4.69) is 0 Å². The number of methoxy groups -OCH3 is 1. The van der Waals surface area contributed by atoms with E-state index in [-0.39, 0.29) is 17.9 Å². The second kappa shape index (κ2) is 5.38. The molecule has 2 saturated heterocycles. The molecule has 1 atom stereocenters. The lowest BCUT2D eigenvalue weighted by Gasteiger charge is -2.32. The van der Waals surface area contributed by atoms with Gasteiger partial charge in [0.25, 0.3) is 0 Å². The first-order chi connectivity index (χ1) is 8.22. The highest BCUT2D eigenvalue weighted by molar-refractivity contribution is 5.80. The Balaban J connectivity index is 1.92. The average molecular weight is 240 g/mol. The molecule has 0 N–H and O–H groups in total. The van der Waals surface area contributed by atoms with Gasteiger partial charge in [-0.1, -0.05) is 0 Å². The zero-order valence-electron chi connectivity index (χ0n) is 10.4. The maximum Gasteiger partial charge on any atom is 0.409 e. The van der Waals surface area contributed by atoms with Gasteiger partial charge in [-0.15, -0.1) is 0 Å². The monoisotopic (exact) mass is 240 g/mol. The SMILES string of the molecule is COC(=O)N1CCCC(C(=O)N2CCCC2)C1. The van der Waals surface area contributed by atoms with Crippen LogP contribution in [-0.2, 0) is 9.53 Å². The summed E-state index contributed by atoms with van der Waals surface area (Å²) in [5.41, 5.74) is 0. The van der Waals surface area contributed by atoms with Gasteiger partial charge in [-0.2, -0.15) is 0 Å². The average Bonchev–Trinajstić information content (AvgIpc) is 2.91. The Kier molecular flexibility index (Phi) is 3.86. The molecule has 0 aliphatic carbocycles. The Morgan fingerprint density at radius 2 is 1.71 bits per heavy atom. The van der Waals surface area contributed by atoms with Crippen molar-refractivity contribution < 1.29 is 14.3 Å². The van der Waals surface area contributed by atoms with E-state index in [1.807, 2.05) is 4.90 Å². The molecule has 0 aromatic heterocycles. The number of rotatable bonds is 1. The molecule has 2 fully saturated rings. The van der Waals surface area contributed by atoms with Crippen LogP contribution in [0.3, 0.4) is 0 Å². The first-order valence-electron chi connectivity index (χ1n) is 6.34. The standard InChI is InChI=1S/C12H20N2O3/c1-17-12(16)14-8-4-5-10(9-14)11(15)13-6-2-3-7-13/h10H,2-9H2,1H3. The highest BCUT2D eigenvalue weighted by atomic mass is 16.5. The van der Waals surface area contributed by atoms with Crippen molar-refractivity contribution in [2.24, 2.45) is 5.92 Å². The number of piperidine rings is 1. The van der Waals surface area contributed by atoms with Crippen LogP contribution in [0.25, 0.3) is 0 Å². The molecule has 0 aromatic rings. The van der Waals surface area contributed by atoms with Crippen LogP contribution in [0.2, 0.25) is 0 Å². The van der Waals surface area contributed by atoms with Gasteiger partial charge >= 0.3 is 6.09 Å². The normalized spacial score (nSPS) is 24.9. The number of nitrogens with zero attached hydrogens (tertiary/aromatic N) is 2. The summed E-state index contributed by atoms with van der Waals surface area (Å²) in [5.74, 6) is 0.192. The first kappa shape index (κ1) is 12.2. The van der Waals surface area contributed by atoms with Crippen LogP contribution >= 0.6 is 0 Å². The van der Waals surface area contributed by atoms with Crippen molar-refractivity contribution in [3.63, 3.8) is 0 Å². The van der Waals surface area contributed by atoms with Crippen molar-refractivity contribution in [1.82, 2.24) is 9.80 Å². The number of hydrogen-bond acceptors (Lipinski definition) is 3. The molecule has 2 aliphatic heterocycles. The van der Waals surface area contributed by atoms with Gasteiger partial charge in [0.15, 0.2) is 0 Å². The number of ether oxygens (including phenoxy) is 1. The van der Waals surface area contributed by atoms with Gasteiger partial charge in [0.05, 0.1) is 13.0 Å². The Morgan fingerprint density at radius 1 is 1.06 bits per heavy atom. The number of hydrogen-bond donors (Lipinski definition) is 0. The molecule has 2 amide bonds. The smallest absolute Gasteiger partial charge is 0.409 e. The van der Waals surface area contributed by atoms with Crippen LogP contribution in [0.1, 0.15) is 25.7 Å². The molecule has 0 saturated carbocycles. The van der Waals surface area contributed by atoms with Gasteiger partial charge in [-0.25, -0.2) is 4.79 Å². The summed E-state index contributed by atoms with van der Waals surface area (Å²) in [6.45, 7) is 2.99. The van der Waals surface area contributed by atoms with Crippen LogP contribution in [0.5, 0.6) is 0 Å². The molecular weight excluding hydrogens is 220 g/mol. The van der Waals surface area contributed by atoms with Crippen molar-refractivity contribution in [2.45, 2.75) is 25.7 Å². The van der Waals surface area contributed by atoms with Crippen LogP contribution in [0, 0.1) is 5.92 Å². The van der Waals surface area contributed by atoms with E-state index in [0.29, 0.717) is 13.1 Å². The van der Waals surface area contributed by atoms with E-state index in [0.717, 1.165) is 38.8 Å². The second-order valence-corrected chi connectivity index (χ2v) is 4.79. The Bertz CT molecular complexity index is 300. The van der Waals surface area contributed by atoms with Crippen molar-refractivity contribution in [2.75, 3.05) is 33.3 Å². The summed E-state index contributed by atoms with van der Waals surface area (Å²) < 4.78 is 4.71. The molecule has 0 spiro atoms. The summed E-state index contributed by atoms with van der Waals surface area (Å²) in [5, 5.41) is 0. The van der Waals surface area contributed by atoms with Crippen molar-refractivity contribution in [3.05, 3.63) is 0 Å². The fourth-order valence-electron chi connectivity index (χ4n) is 2.67. The summed E-state index contributed by atoms with van der Waals surface area (Å²) in [4.78, 5) is 27.2. The molecule has 2 heterocycles. The molecule has 5 heteroatoms. The Hall–Kier alpha value is -1.26. The topological polar surface area (TPSA) is 49.9 Å². The first-order valence-corrected chi connectivity index (χ1v) is 6.34. The molecule has 0 radical (unpaired) electrons. The molecule has 1 unspecified atom stereocenters. The van der Waals surface area contributed by atoms with Gasteiger partial charge in [0, 0.05) is 26.2 Å². The van der Waals surface area contributed by atoms with Crippen LogP contribution in [0.15, 0.2) is 0 Å². The van der Waals surface area contributed by atoms with E-state index in [1.54, 1.807) is 4.90 Å². The number of likely N-dealkylation sites (tertiary alicyclic amines) is 2. The summed E-state index contributed by atoms with van der Waals surface area (Å²) in [7, 11) is 1.38. The van der Waals surface area contributed by atoms with Gasteiger partial charge < -0.3 is 14.5 Å². The minimum Gasteiger partial charge on any atom is -0.453 e. The quantitative estimate of drug-likeness (QED) is 0.689. The molecule has 0 aromatic carbocycles. The highest BCUT2D eigenvalue weighted by Gasteiger charge is 2.32. The number of amides is 2. The maximum atomic E-state index is 12.2. The third-order valence-corrected chi connectivity index (χ3v) is 3.62. The van der Waals surface area contributed by atoms with Crippen molar-refractivity contribution >= 4 is 12.0 Å². The molecule has 2 rings (SSSR count). The van der Waals surface area contributed by atoms with Crippen molar-refractivity contribution in [3.8, 4) is 0 Å². The summed E-state index contributed by atoms with van der Waals surface area (Å²) in [6, 6.07) is 0. The Morgan fingerprint density at radius 3 is 2.35 bits per heavy atom. The predicted molar refractivity (Wildman–Crippen MR) is 62.5 cm³/mol. The zero-order chi connectivity index (χ0) is 12.3. The second-order valence-electron chi connectivity index (χ2n) is 4.79. The van der Waals surface area contributed by atoms with Gasteiger partial charge in [-0.3, -0.25) is 4.79 Å². The van der Waals surface area contributed by atoms with Crippen molar-refractivity contribution in [1.29, 1.82) is 0 Å². The Labute approximate surface area is 102 Å². The van der Waals surface area contributed by atoms with E-state index >= 15 is 0 Å². The van der Waals surface area contributed by atoms with E-state index in [9.17, 15) is 9.59 Å². The minimum absolute atomic E-state index is 0.0269. The largest absolute Gasteiger partial charge is 0.453 e. The minimum atomic E-state index is -0.316. The zero-order valence-corrected chi connectivity index (χ0v) is 10.4.